The predicted octanol–water partition coefficient (Wildman–Crippen LogP) is 1.43. The number of rotatable bonds is 3. The Hall–Kier alpha value is -1.84. The van der Waals surface area contributed by atoms with Crippen LogP contribution in [0.3, 0.4) is 0 Å². The minimum absolute atomic E-state index is 0.183. The number of aliphatic imine (C=N–C) groups is 1. The number of amidine groups is 1. The van der Waals surface area contributed by atoms with Crippen LogP contribution in [0, 0.1) is 5.92 Å². The van der Waals surface area contributed by atoms with Crippen molar-refractivity contribution in [2.75, 3.05) is 0 Å². The zero-order chi connectivity index (χ0) is 11.4. The van der Waals surface area contributed by atoms with E-state index in [4.69, 9.17) is 11.5 Å². The van der Waals surface area contributed by atoms with Gasteiger partial charge in [0.05, 0.1) is 5.69 Å². The van der Waals surface area contributed by atoms with Gasteiger partial charge in [-0.3, -0.25) is 4.79 Å². The van der Waals surface area contributed by atoms with Crippen LogP contribution in [-0.2, 0) is 0 Å². The molecule has 4 heteroatoms. The van der Waals surface area contributed by atoms with Gasteiger partial charge < -0.3 is 11.5 Å². The highest BCUT2D eigenvalue weighted by Crippen LogP contribution is 2.14. The van der Waals surface area contributed by atoms with Gasteiger partial charge in [-0.2, -0.15) is 0 Å². The standard InChI is InChI=1S/C11H15N3O/c1-7(2)10(12)14-9-5-3-4-8(6-9)11(13)15/h3-7H,1-2H3,(H2,12,14)(H2,13,15). The summed E-state index contributed by atoms with van der Waals surface area (Å²) in [5, 5.41) is 0. The van der Waals surface area contributed by atoms with Crippen molar-refractivity contribution in [1.29, 1.82) is 0 Å². The molecule has 0 aliphatic carbocycles. The molecule has 1 aromatic carbocycles. The maximum Gasteiger partial charge on any atom is 0.248 e. The number of benzene rings is 1. The summed E-state index contributed by atoms with van der Waals surface area (Å²) in [7, 11) is 0. The highest BCUT2D eigenvalue weighted by Gasteiger charge is 2.02. The first-order chi connectivity index (χ1) is 7.00. The van der Waals surface area contributed by atoms with Crippen LogP contribution < -0.4 is 11.5 Å². The molecule has 1 amide bonds. The summed E-state index contributed by atoms with van der Waals surface area (Å²) in [6, 6.07) is 6.78. The number of carbonyl (C=O) groups excluding carboxylic acids is 1. The van der Waals surface area contributed by atoms with Crippen molar-refractivity contribution in [3.8, 4) is 0 Å². The molecule has 1 aromatic rings. The first-order valence-corrected chi connectivity index (χ1v) is 4.74. The predicted molar refractivity (Wildman–Crippen MR) is 61.1 cm³/mol. The molecule has 0 atom stereocenters. The van der Waals surface area contributed by atoms with Gasteiger partial charge in [0, 0.05) is 11.5 Å². The van der Waals surface area contributed by atoms with Crippen molar-refractivity contribution in [1.82, 2.24) is 0 Å². The molecule has 0 spiro atoms. The monoisotopic (exact) mass is 205 g/mol. The Morgan fingerprint density at radius 1 is 1.33 bits per heavy atom. The molecule has 1 rings (SSSR count). The molecule has 4 N–H and O–H groups in total. The number of carbonyl (C=O) groups is 1. The van der Waals surface area contributed by atoms with Crippen molar-refractivity contribution in [3.63, 3.8) is 0 Å². The molecule has 0 heterocycles. The van der Waals surface area contributed by atoms with Gasteiger partial charge in [-0.15, -0.1) is 0 Å². The summed E-state index contributed by atoms with van der Waals surface area (Å²) in [5.41, 5.74) is 12.0. The maximum atomic E-state index is 10.9. The Labute approximate surface area is 89.0 Å². The molecule has 0 saturated heterocycles. The molecule has 0 unspecified atom stereocenters. The largest absolute Gasteiger partial charge is 0.387 e. The Bertz CT molecular complexity index is 397. The van der Waals surface area contributed by atoms with E-state index >= 15 is 0 Å². The summed E-state index contributed by atoms with van der Waals surface area (Å²) < 4.78 is 0. The van der Waals surface area contributed by atoms with Gasteiger partial charge in [-0.1, -0.05) is 19.9 Å². The highest BCUT2D eigenvalue weighted by atomic mass is 16.1. The molecule has 0 fully saturated rings. The fourth-order valence-corrected chi connectivity index (χ4v) is 1.01. The second-order valence-corrected chi connectivity index (χ2v) is 3.61. The van der Waals surface area contributed by atoms with Crippen molar-refractivity contribution < 1.29 is 4.79 Å². The summed E-state index contributed by atoms with van der Waals surface area (Å²) in [5.74, 6) is 0.258. The Morgan fingerprint density at radius 2 is 2.00 bits per heavy atom. The lowest BCUT2D eigenvalue weighted by Crippen LogP contribution is -2.18. The lowest BCUT2D eigenvalue weighted by molar-refractivity contribution is 0.100. The molecule has 0 bridgehead atoms. The molecular formula is C11H15N3O. The van der Waals surface area contributed by atoms with Gasteiger partial charge in [0.1, 0.15) is 5.84 Å². The van der Waals surface area contributed by atoms with Crippen molar-refractivity contribution in [2.45, 2.75) is 13.8 Å². The van der Waals surface area contributed by atoms with Gasteiger partial charge in [-0.25, -0.2) is 4.99 Å². The number of hydrogen-bond acceptors (Lipinski definition) is 2. The minimum atomic E-state index is -0.463. The molecular weight excluding hydrogens is 190 g/mol. The molecule has 0 aliphatic heterocycles. The van der Waals surface area contributed by atoms with E-state index in [0.717, 1.165) is 0 Å². The van der Waals surface area contributed by atoms with Gasteiger partial charge in [0.2, 0.25) is 5.91 Å². The topological polar surface area (TPSA) is 81.5 Å². The molecule has 0 saturated carbocycles. The third-order valence-electron chi connectivity index (χ3n) is 1.98. The zero-order valence-electron chi connectivity index (χ0n) is 8.90. The van der Waals surface area contributed by atoms with E-state index in [1.54, 1.807) is 24.3 Å². The fourth-order valence-electron chi connectivity index (χ4n) is 1.01. The quantitative estimate of drug-likeness (QED) is 0.578. The van der Waals surface area contributed by atoms with Crippen LogP contribution in [0.15, 0.2) is 29.3 Å². The van der Waals surface area contributed by atoms with Gasteiger partial charge >= 0.3 is 0 Å². The highest BCUT2D eigenvalue weighted by molar-refractivity contribution is 5.94. The van der Waals surface area contributed by atoms with Crippen LogP contribution in [0.4, 0.5) is 5.69 Å². The average Bonchev–Trinajstić information content (AvgIpc) is 2.18. The number of hydrogen-bond donors (Lipinski definition) is 2. The molecule has 0 aliphatic rings. The molecule has 4 nitrogen and oxygen atoms in total. The van der Waals surface area contributed by atoms with Crippen LogP contribution in [0.2, 0.25) is 0 Å². The summed E-state index contributed by atoms with van der Waals surface area (Å²) in [4.78, 5) is 15.1. The van der Waals surface area contributed by atoms with E-state index < -0.39 is 5.91 Å². The van der Waals surface area contributed by atoms with Crippen molar-refractivity contribution in [3.05, 3.63) is 29.8 Å². The minimum Gasteiger partial charge on any atom is -0.387 e. The van der Waals surface area contributed by atoms with Crippen LogP contribution >= 0.6 is 0 Å². The zero-order valence-corrected chi connectivity index (χ0v) is 8.90. The lowest BCUT2D eigenvalue weighted by atomic mass is 10.2. The van der Waals surface area contributed by atoms with Crippen LogP contribution in [0.1, 0.15) is 24.2 Å². The summed E-state index contributed by atoms with van der Waals surface area (Å²) in [6.45, 7) is 3.91. The second-order valence-electron chi connectivity index (χ2n) is 3.61. The van der Waals surface area contributed by atoms with E-state index in [0.29, 0.717) is 17.1 Å². The number of nitrogens with two attached hydrogens (primary N) is 2. The van der Waals surface area contributed by atoms with E-state index in [1.165, 1.54) is 0 Å². The number of primary amides is 1. The van der Waals surface area contributed by atoms with Gasteiger partial charge in [0.25, 0.3) is 0 Å². The smallest absolute Gasteiger partial charge is 0.248 e. The Morgan fingerprint density at radius 3 is 2.53 bits per heavy atom. The molecule has 0 aromatic heterocycles. The Kier molecular flexibility index (Phi) is 3.44. The van der Waals surface area contributed by atoms with Crippen molar-refractivity contribution >= 4 is 17.4 Å². The average molecular weight is 205 g/mol. The van der Waals surface area contributed by atoms with E-state index in [2.05, 4.69) is 4.99 Å². The SMILES string of the molecule is CC(C)C(N)=Nc1cccc(C(N)=O)c1. The molecule has 0 radical (unpaired) electrons. The van der Waals surface area contributed by atoms with E-state index in [1.807, 2.05) is 13.8 Å². The summed E-state index contributed by atoms with van der Waals surface area (Å²) in [6.07, 6.45) is 0. The first-order valence-electron chi connectivity index (χ1n) is 4.74. The normalized spacial score (nSPS) is 11.8. The first kappa shape index (κ1) is 11.2. The molecule has 15 heavy (non-hydrogen) atoms. The van der Waals surface area contributed by atoms with Crippen LogP contribution in [-0.4, -0.2) is 11.7 Å². The van der Waals surface area contributed by atoms with Crippen molar-refractivity contribution in [2.24, 2.45) is 22.4 Å². The maximum absolute atomic E-state index is 10.9. The third kappa shape index (κ3) is 3.09. The third-order valence-corrected chi connectivity index (χ3v) is 1.98. The fraction of sp³-hybridized carbons (Fsp3) is 0.273. The van der Waals surface area contributed by atoms with E-state index in [9.17, 15) is 4.79 Å². The van der Waals surface area contributed by atoms with Gasteiger partial charge in [-0.05, 0) is 18.2 Å². The van der Waals surface area contributed by atoms with Crippen LogP contribution in [0.25, 0.3) is 0 Å². The summed E-state index contributed by atoms with van der Waals surface area (Å²) >= 11 is 0. The Balaban J connectivity index is 3.01. The van der Waals surface area contributed by atoms with E-state index in [-0.39, 0.29) is 5.92 Å². The second kappa shape index (κ2) is 4.59. The van der Waals surface area contributed by atoms with Crippen LogP contribution in [0.5, 0.6) is 0 Å². The lowest BCUT2D eigenvalue weighted by Gasteiger charge is -2.04. The number of nitrogens with zero attached hydrogens (tertiary/aromatic N) is 1. The number of amides is 1. The molecule has 80 valence electrons. The van der Waals surface area contributed by atoms with Gasteiger partial charge in [0.15, 0.2) is 0 Å².